The van der Waals surface area contributed by atoms with E-state index in [0.29, 0.717) is 12.2 Å². The molecule has 2 nitrogen and oxygen atoms in total. The maximum Gasteiger partial charge on any atom is 0.434 e. The Labute approximate surface area is 105 Å². The van der Waals surface area contributed by atoms with Crippen molar-refractivity contribution in [3.05, 3.63) is 23.5 Å². The van der Waals surface area contributed by atoms with E-state index < -0.39 is 11.9 Å². The fourth-order valence-corrected chi connectivity index (χ4v) is 2.03. The molecule has 0 saturated heterocycles. The second kappa shape index (κ2) is 4.14. The standard InChI is InChI=1S/C13H17F3N2/c1-4-18(8-12(3)5-6-12)9(2)10-7-17-11(10)13(14,15)16/h7H,2,4-6,8H2,1,3H3. The normalized spacial score (nSPS) is 20.7. The Kier molecular flexibility index (Phi) is 3.03. The van der Waals surface area contributed by atoms with Gasteiger partial charge in [0.2, 0.25) is 0 Å². The Morgan fingerprint density at radius 3 is 2.44 bits per heavy atom. The summed E-state index contributed by atoms with van der Waals surface area (Å²) in [4.78, 5) is 5.23. The van der Waals surface area contributed by atoms with Crippen LogP contribution in [0.15, 0.2) is 28.5 Å². The monoisotopic (exact) mass is 258 g/mol. The molecule has 5 heteroatoms. The molecule has 0 aromatic carbocycles. The van der Waals surface area contributed by atoms with E-state index >= 15 is 0 Å². The Hall–Kier alpha value is -1.26. The van der Waals surface area contributed by atoms with E-state index in [1.165, 1.54) is 6.21 Å². The molecule has 0 atom stereocenters. The van der Waals surface area contributed by atoms with Crippen molar-refractivity contribution >= 4 is 6.21 Å². The number of aliphatic imine (C=N–C) groups is 1. The first-order chi connectivity index (χ1) is 8.27. The molecule has 1 aliphatic heterocycles. The number of allylic oxidation sites excluding steroid dienone is 2. The molecule has 0 N–H and O–H groups in total. The molecule has 18 heavy (non-hydrogen) atoms. The molecule has 1 saturated carbocycles. The quantitative estimate of drug-likeness (QED) is 0.736. The molecular formula is C13H17F3N2. The minimum atomic E-state index is -4.38. The van der Waals surface area contributed by atoms with Crippen LogP contribution in [0.4, 0.5) is 13.2 Å². The van der Waals surface area contributed by atoms with Crippen molar-refractivity contribution in [3.63, 3.8) is 0 Å². The molecular weight excluding hydrogens is 241 g/mol. The first-order valence-corrected chi connectivity index (χ1v) is 6.06. The first kappa shape index (κ1) is 13.2. The third-order valence-corrected chi connectivity index (χ3v) is 3.60. The lowest BCUT2D eigenvalue weighted by Gasteiger charge is -2.31. The van der Waals surface area contributed by atoms with Crippen LogP contribution in [0.3, 0.4) is 0 Å². The summed E-state index contributed by atoms with van der Waals surface area (Å²) in [5, 5.41) is 0. The summed E-state index contributed by atoms with van der Waals surface area (Å²) in [6.45, 7) is 9.31. The predicted octanol–water partition coefficient (Wildman–Crippen LogP) is 3.52. The first-order valence-electron chi connectivity index (χ1n) is 6.06. The maximum atomic E-state index is 12.6. The van der Waals surface area contributed by atoms with Crippen molar-refractivity contribution in [1.29, 1.82) is 0 Å². The van der Waals surface area contributed by atoms with Gasteiger partial charge in [-0.2, -0.15) is 13.2 Å². The molecule has 1 fully saturated rings. The van der Waals surface area contributed by atoms with Crippen molar-refractivity contribution < 1.29 is 13.2 Å². The van der Waals surface area contributed by atoms with Crippen molar-refractivity contribution in [2.75, 3.05) is 13.1 Å². The van der Waals surface area contributed by atoms with E-state index in [9.17, 15) is 13.2 Å². The minimum Gasteiger partial charge on any atom is -0.371 e. The number of nitrogens with zero attached hydrogens (tertiary/aromatic N) is 2. The number of hydrogen-bond acceptors (Lipinski definition) is 2. The van der Waals surface area contributed by atoms with Crippen LogP contribution in [0.5, 0.6) is 0 Å². The van der Waals surface area contributed by atoms with Gasteiger partial charge in [-0.05, 0) is 25.2 Å². The predicted molar refractivity (Wildman–Crippen MR) is 65.3 cm³/mol. The highest BCUT2D eigenvalue weighted by Crippen LogP contribution is 2.46. The number of rotatable bonds is 5. The third kappa shape index (κ3) is 2.44. The van der Waals surface area contributed by atoms with E-state index in [-0.39, 0.29) is 11.0 Å². The molecule has 0 bridgehead atoms. The zero-order chi connectivity index (χ0) is 13.6. The van der Waals surface area contributed by atoms with E-state index in [1.54, 1.807) is 0 Å². The number of halogens is 3. The van der Waals surface area contributed by atoms with Crippen LogP contribution in [0.25, 0.3) is 0 Å². The van der Waals surface area contributed by atoms with Gasteiger partial charge in [-0.15, -0.1) is 0 Å². The maximum absolute atomic E-state index is 12.6. The van der Waals surface area contributed by atoms with Gasteiger partial charge in [0.1, 0.15) is 0 Å². The van der Waals surface area contributed by atoms with Crippen LogP contribution in [-0.4, -0.2) is 30.4 Å². The van der Waals surface area contributed by atoms with Gasteiger partial charge in [0.25, 0.3) is 0 Å². The molecule has 1 aliphatic carbocycles. The van der Waals surface area contributed by atoms with Crippen molar-refractivity contribution in [1.82, 2.24) is 4.90 Å². The number of hydrogen-bond donors (Lipinski definition) is 0. The van der Waals surface area contributed by atoms with Gasteiger partial charge in [0.05, 0.1) is 0 Å². The average molecular weight is 258 g/mol. The van der Waals surface area contributed by atoms with Crippen LogP contribution in [-0.2, 0) is 0 Å². The Morgan fingerprint density at radius 2 is 2.11 bits per heavy atom. The third-order valence-electron chi connectivity index (χ3n) is 3.60. The topological polar surface area (TPSA) is 15.6 Å². The zero-order valence-electron chi connectivity index (χ0n) is 10.6. The van der Waals surface area contributed by atoms with Gasteiger partial charge in [-0.1, -0.05) is 13.5 Å². The van der Waals surface area contributed by atoms with E-state index in [2.05, 4.69) is 18.5 Å². The molecule has 0 radical (unpaired) electrons. The van der Waals surface area contributed by atoms with Crippen molar-refractivity contribution in [3.8, 4) is 0 Å². The van der Waals surface area contributed by atoms with Gasteiger partial charge < -0.3 is 4.90 Å². The lowest BCUT2D eigenvalue weighted by molar-refractivity contribution is -0.0936. The summed E-state index contributed by atoms with van der Waals surface area (Å²) >= 11 is 0. The molecule has 0 spiro atoms. The summed E-state index contributed by atoms with van der Waals surface area (Å²) in [7, 11) is 0. The SMILES string of the molecule is C=C(C1=C(C(F)(F)F)N=C1)N(CC)CC1(C)CC1. The molecule has 1 heterocycles. The Morgan fingerprint density at radius 1 is 1.50 bits per heavy atom. The van der Waals surface area contributed by atoms with Gasteiger partial charge in [-0.3, -0.25) is 4.99 Å². The lowest BCUT2D eigenvalue weighted by atomic mass is 10.0. The fourth-order valence-electron chi connectivity index (χ4n) is 2.03. The summed E-state index contributed by atoms with van der Waals surface area (Å²) in [5.41, 5.74) is 0.0205. The van der Waals surface area contributed by atoms with Crippen LogP contribution in [0.1, 0.15) is 26.7 Å². The van der Waals surface area contributed by atoms with E-state index in [4.69, 9.17) is 0 Å². The lowest BCUT2D eigenvalue weighted by Crippen LogP contribution is -2.32. The van der Waals surface area contributed by atoms with Gasteiger partial charge >= 0.3 is 6.18 Å². The molecule has 0 aromatic heterocycles. The van der Waals surface area contributed by atoms with Crippen LogP contribution in [0, 0.1) is 5.41 Å². The fraction of sp³-hybridized carbons (Fsp3) is 0.615. The summed E-state index contributed by atoms with van der Waals surface area (Å²) in [6, 6.07) is 0. The molecule has 100 valence electrons. The van der Waals surface area contributed by atoms with E-state index in [1.807, 2.05) is 11.8 Å². The molecule has 2 aliphatic rings. The Bertz CT molecular complexity index is 428. The number of alkyl halides is 3. The van der Waals surface area contributed by atoms with Crippen LogP contribution < -0.4 is 0 Å². The van der Waals surface area contributed by atoms with Gasteiger partial charge in [0, 0.05) is 30.6 Å². The van der Waals surface area contributed by atoms with Gasteiger partial charge in [0.15, 0.2) is 5.70 Å². The second-order valence-corrected chi connectivity index (χ2v) is 5.29. The average Bonchev–Trinajstić information content (AvgIpc) is 2.88. The summed E-state index contributed by atoms with van der Waals surface area (Å²) in [6.07, 6.45) is -0.856. The smallest absolute Gasteiger partial charge is 0.371 e. The summed E-state index contributed by atoms with van der Waals surface area (Å²) < 4.78 is 37.8. The van der Waals surface area contributed by atoms with Crippen molar-refractivity contribution in [2.45, 2.75) is 32.9 Å². The zero-order valence-corrected chi connectivity index (χ0v) is 10.6. The molecule has 0 amide bonds. The highest BCUT2D eigenvalue weighted by atomic mass is 19.4. The second-order valence-electron chi connectivity index (χ2n) is 5.29. The molecule has 2 rings (SSSR count). The van der Waals surface area contributed by atoms with Crippen LogP contribution >= 0.6 is 0 Å². The number of likely N-dealkylation sites (N-methyl/N-ethyl adjacent to an activating group) is 1. The van der Waals surface area contributed by atoms with Gasteiger partial charge in [-0.25, -0.2) is 0 Å². The minimum absolute atomic E-state index is 0.133. The Balaban J connectivity index is 2.10. The summed E-state index contributed by atoms with van der Waals surface area (Å²) in [5.74, 6) is 0. The van der Waals surface area contributed by atoms with E-state index in [0.717, 1.165) is 19.4 Å². The highest BCUT2D eigenvalue weighted by molar-refractivity contribution is 5.92. The molecule has 0 unspecified atom stereocenters. The van der Waals surface area contributed by atoms with Crippen LogP contribution in [0.2, 0.25) is 0 Å². The molecule has 0 aromatic rings. The largest absolute Gasteiger partial charge is 0.434 e. The highest BCUT2D eigenvalue weighted by Gasteiger charge is 2.42. The van der Waals surface area contributed by atoms with Crippen molar-refractivity contribution in [2.24, 2.45) is 10.4 Å².